The van der Waals surface area contributed by atoms with E-state index in [1.807, 2.05) is 0 Å². The molecule has 0 saturated heterocycles. The van der Waals surface area contributed by atoms with Gasteiger partial charge in [-0.05, 0) is 54.6 Å². The summed E-state index contributed by atoms with van der Waals surface area (Å²) in [6, 6.07) is 9.02. The van der Waals surface area contributed by atoms with Gasteiger partial charge in [-0.15, -0.1) is 0 Å². The van der Waals surface area contributed by atoms with Crippen molar-refractivity contribution in [2.45, 2.75) is 77.6 Å². The van der Waals surface area contributed by atoms with Crippen LogP contribution in [0.2, 0.25) is 0 Å². The van der Waals surface area contributed by atoms with E-state index >= 15 is 0 Å². The zero-order chi connectivity index (χ0) is 16.7. The van der Waals surface area contributed by atoms with E-state index in [2.05, 4.69) is 38.1 Å². The van der Waals surface area contributed by atoms with Gasteiger partial charge < -0.3 is 5.11 Å². The molecule has 1 aromatic rings. The van der Waals surface area contributed by atoms with Gasteiger partial charge in [-0.1, -0.05) is 63.8 Å². The topological polar surface area (TPSA) is 37.3 Å². The van der Waals surface area contributed by atoms with Crippen molar-refractivity contribution in [1.29, 1.82) is 0 Å². The van der Waals surface area contributed by atoms with Crippen LogP contribution in [0.4, 0.5) is 0 Å². The van der Waals surface area contributed by atoms with Crippen molar-refractivity contribution in [2.75, 3.05) is 0 Å². The van der Waals surface area contributed by atoms with E-state index in [9.17, 15) is 4.79 Å². The fourth-order valence-corrected chi connectivity index (χ4v) is 4.09. The monoisotopic (exact) mass is 316 g/mol. The predicted molar refractivity (Wildman–Crippen MR) is 95.8 cm³/mol. The zero-order valence-corrected chi connectivity index (χ0v) is 14.8. The second-order valence-electron chi connectivity index (χ2n) is 7.62. The first-order valence-corrected chi connectivity index (χ1v) is 9.36. The molecule has 2 unspecified atom stereocenters. The summed E-state index contributed by atoms with van der Waals surface area (Å²) in [5.74, 6) is 1.09. The van der Waals surface area contributed by atoms with Crippen LogP contribution in [0.3, 0.4) is 0 Å². The number of rotatable bonds is 8. The van der Waals surface area contributed by atoms with Crippen molar-refractivity contribution in [3.05, 3.63) is 35.4 Å². The van der Waals surface area contributed by atoms with Crippen LogP contribution >= 0.6 is 0 Å². The smallest absolute Gasteiger partial charge is 0.303 e. The molecule has 0 fully saturated rings. The highest BCUT2D eigenvalue weighted by Gasteiger charge is 2.20. The van der Waals surface area contributed by atoms with E-state index < -0.39 is 5.97 Å². The van der Waals surface area contributed by atoms with Crippen LogP contribution in [0.5, 0.6) is 0 Å². The molecule has 0 spiro atoms. The van der Waals surface area contributed by atoms with Gasteiger partial charge in [-0.25, -0.2) is 0 Å². The van der Waals surface area contributed by atoms with Crippen molar-refractivity contribution in [2.24, 2.45) is 11.8 Å². The van der Waals surface area contributed by atoms with E-state index in [0.717, 1.165) is 24.7 Å². The van der Waals surface area contributed by atoms with Crippen LogP contribution in [0.15, 0.2) is 24.3 Å². The summed E-state index contributed by atoms with van der Waals surface area (Å²) in [7, 11) is 0. The molecule has 0 bridgehead atoms. The van der Waals surface area contributed by atoms with E-state index in [0.29, 0.717) is 12.3 Å². The Balaban J connectivity index is 1.81. The Morgan fingerprint density at radius 1 is 1.17 bits per heavy atom. The van der Waals surface area contributed by atoms with Crippen LogP contribution in [-0.4, -0.2) is 11.1 Å². The molecular weight excluding hydrogens is 284 g/mol. The SMILES string of the molecule is CC(CCC[C@@H](C)CC1CCCCc2ccccc21)CC(=O)O. The highest BCUT2D eigenvalue weighted by molar-refractivity contribution is 5.66. The maximum absolute atomic E-state index is 10.7. The molecule has 2 nitrogen and oxygen atoms in total. The van der Waals surface area contributed by atoms with Gasteiger partial charge in [-0.3, -0.25) is 4.79 Å². The van der Waals surface area contributed by atoms with Gasteiger partial charge in [0, 0.05) is 6.42 Å². The molecule has 2 rings (SSSR count). The molecule has 0 heterocycles. The Hall–Kier alpha value is -1.31. The third-order valence-corrected chi connectivity index (χ3v) is 5.35. The summed E-state index contributed by atoms with van der Waals surface area (Å²) in [5, 5.41) is 8.83. The Morgan fingerprint density at radius 3 is 2.70 bits per heavy atom. The largest absolute Gasteiger partial charge is 0.481 e. The Labute approximate surface area is 141 Å². The fourth-order valence-electron chi connectivity index (χ4n) is 4.09. The van der Waals surface area contributed by atoms with Gasteiger partial charge in [0.1, 0.15) is 0 Å². The van der Waals surface area contributed by atoms with Crippen LogP contribution in [0.25, 0.3) is 0 Å². The first kappa shape index (κ1) is 18.0. The number of carbonyl (C=O) groups is 1. The first-order chi connectivity index (χ1) is 11.1. The second-order valence-corrected chi connectivity index (χ2v) is 7.62. The minimum Gasteiger partial charge on any atom is -0.481 e. The lowest BCUT2D eigenvalue weighted by Gasteiger charge is -2.22. The molecule has 0 radical (unpaired) electrons. The summed E-state index contributed by atoms with van der Waals surface area (Å²) >= 11 is 0. The Morgan fingerprint density at radius 2 is 1.91 bits per heavy atom. The van der Waals surface area contributed by atoms with Gasteiger partial charge in [0.15, 0.2) is 0 Å². The lowest BCUT2D eigenvalue weighted by molar-refractivity contribution is -0.138. The summed E-state index contributed by atoms with van der Waals surface area (Å²) in [6.45, 7) is 4.43. The van der Waals surface area contributed by atoms with Crippen LogP contribution in [0, 0.1) is 11.8 Å². The number of hydrogen-bond donors (Lipinski definition) is 1. The van der Waals surface area contributed by atoms with E-state index in [1.54, 1.807) is 11.1 Å². The second kappa shape index (κ2) is 9.10. The number of aliphatic carboxylic acids is 1. The minimum atomic E-state index is -0.666. The molecule has 1 aliphatic carbocycles. The minimum absolute atomic E-state index is 0.304. The Kier molecular flexibility index (Phi) is 7.14. The quantitative estimate of drug-likeness (QED) is 0.615. The van der Waals surface area contributed by atoms with Crippen LogP contribution in [-0.2, 0) is 11.2 Å². The highest BCUT2D eigenvalue weighted by Crippen LogP contribution is 2.36. The predicted octanol–water partition coefficient (Wildman–Crippen LogP) is 5.80. The zero-order valence-electron chi connectivity index (χ0n) is 14.8. The molecule has 1 N–H and O–H groups in total. The maximum Gasteiger partial charge on any atom is 0.303 e. The molecule has 23 heavy (non-hydrogen) atoms. The van der Waals surface area contributed by atoms with E-state index in [-0.39, 0.29) is 0 Å². The van der Waals surface area contributed by atoms with Crippen LogP contribution in [0.1, 0.15) is 82.3 Å². The van der Waals surface area contributed by atoms with Crippen molar-refractivity contribution in [3.8, 4) is 0 Å². The molecule has 0 amide bonds. The fraction of sp³-hybridized carbons (Fsp3) is 0.667. The number of fused-ring (bicyclic) bond motifs is 1. The highest BCUT2D eigenvalue weighted by atomic mass is 16.4. The van der Waals surface area contributed by atoms with Crippen molar-refractivity contribution in [1.82, 2.24) is 0 Å². The average Bonchev–Trinajstić information content (AvgIpc) is 2.69. The van der Waals surface area contributed by atoms with Gasteiger partial charge >= 0.3 is 5.97 Å². The molecule has 0 saturated carbocycles. The number of carboxylic acids is 1. The average molecular weight is 316 g/mol. The van der Waals surface area contributed by atoms with E-state index in [4.69, 9.17) is 5.11 Å². The maximum atomic E-state index is 10.7. The molecular formula is C21H32O2. The first-order valence-electron chi connectivity index (χ1n) is 9.36. The third-order valence-electron chi connectivity index (χ3n) is 5.35. The van der Waals surface area contributed by atoms with Crippen molar-refractivity contribution < 1.29 is 9.90 Å². The molecule has 128 valence electrons. The third kappa shape index (κ3) is 6.01. The summed E-state index contributed by atoms with van der Waals surface area (Å²) in [5.41, 5.74) is 3.16. The summed E-state index contributed by atoms with van der Waals surface area (Å²) < 4.78 is 0. The number of aryl methyl sites for hydroxylation is 1. The molecule has 2 heteroatoms. The number of benzene rings is 1. The summed E-state index contributed by atoms with van der Waals surface area (Å²) in [6.07, 6.45) is 10.3. The van der Waals surface area contributed by atoms with Gasteiger partial charge in [0.05, 0.1) is 0 Å². The Bertz CT molecular complexity index is 494. The molecule has 1 aliphatic rings. The standard InChI is InChI=1S/C21H32O2/c1-16(8-7-9-17(2)15-21(22)23)14-19-12-4-3-10-18-11-5-6-13-20(18)19/h5-6,11,13,16-17,19H,3-4,7-10,12,14-15H2,1-2H3,(H,22,23)/t16-,17?,19?/m1/s1. The normalized spacial score (nSPS) is 20.3. The molecule has 0 aromatic heterocycles. The van der Waals surface area contributed by atoms with Crippen molar-refractivity contribution >= 4 is 5.97 Å². The molecule has 3 atom stereocenters. The van der Waals surface area contributed by atoms with Crippen LogP contribution < -0.4 is 0 Å². The summed E-state index contributed by atoms with van der Waals surface area (Å²) in [4.78, 5) is 10.7. The van der Waals surface area contributed by atoms with Gasteiger partial charge in [0.25, 0.3) is 0 Å². The number of carboxylic acid groups (broad SMARTS) is 1. The lowest BCUT2D eigenvalue weighted by Crippen LogP contribution is -2.08. The van der Waals surface area contributed by atoms with E-state index in [1.165, 1.54) is 38.5 Å². The molecule has 1 aromatic carbocycles. The van der Waals surface area contributed by atoms with Gasteiger partial charge in [0.2, 0.25) is 0 Å². The van der Waals surface area contributed by atoms with Crippen molar-refractivity contribution in [3.63, 3.8) is 0 Å². The number of hydrogen-bond acceptors (Lipinski definition) is 1. The lowest BCUT2D eigenvalue weighted by atomic mass is 9.83. The molecule has 0 aliphatic heterocycles. The van der Waals surface area contributed by atoms with Gasteiger partial charge in [-0.2, -0.15) is 0 Å².